The highest BCUT2D eigenvalue weighted by Crippen LogP contribution is 2.25. The molecule has 0 aliphatic rings. The lowest BCUT2D eigenvalue weighted by Crippen LogP contribution is -2.33. The number of amides is 2. The van der Waals surface area contributed by atoms with Crippen molar-refractivity contribution >= 4 is 11.8 Å². The summed E-state index contributed by atoms with van der Waals surface area (Å²) in [6.07, 6.45) is -0.0538. The minimum Gasteiger partial charge on any atom is -0.491 e. The summed E-state index contributed by atoms with van der Waals surface area (Å²) in [6, 6.07) is 4.07. The third kappa shape index (κ3) is 10.2. The summed E-state index contributed by atoms with van der Waals surface area (Å²) in [6.45, 7) is 1.75. The van der Waals surface area contributed by atoms with E-state index in [0.717, 1.165) is 6.42 Å². The van der Waals surface area contributed by atoms with Gasteiger partial charge in [0.05, 0.1) is 19.5 Å². The number of hydrogen-bond donors (Lipinski definition) is 2. The van der Waals surface area contributed by atoms with Crippen LogP contribution < -0.4 is 15.4 Å². The molecule has 1 heterocycles. The number of unbranched alkanes of at least 4 members (excludes halogenated alkanes) is 3. The second kappa shape index (κ2) is 15.0. The molecule has 0 aliphatic heterocycles. The highest BCUT2D eigenvalue weighted by Gasteiger charge is 2.28. The van der Waals surface area contributed by atoms with E-state index in [1.54, 1.807) is 0 Å². The number of aromatic nitrogens is 3. The van der Waals surface area contributed by atoms with Gasteiger partial charge in [0.25, 0.3) is 11.8 Å². The van der Waals surface area contributed by atoms with Gasteiger partial charge in [-0.1, -0.05) is 11.6 Å². The van der Waals surface area contributed by atoms with Crippen molar-refractivity contribution in [3.05, 3.63) is 35.7 Å². The molecule has 9 nitrogen and oxygen atoms in total. The lowest BCUT2D eigenvalue weighted by Gasteiger charge is -2.14. The normalized spacial score (nSPS) is 11.4. The summed E-state index contributed by atoms with van der Waals surface area (Å²) < 4.78 is 61.9. The number of halogens is 4. The van der Waals surface area contributed by atoms with Crippen LogP contribution in [-0.4, -0.2) is 72.6 Å². The maximum absolute atomic E-state index is 12.5. The van der Waals surface area contributed by atoms with Gasteiger partial charge in [-0.15, -0.1) is 5.10 Å². The van der Waals surface area contributed by atoms with Crippen molar-refractivity contribution in [1.29, 1.82) is 0 Å². The molecule has 0 bridgehead atoms. The lowest BCUT2D eigenvalue weighted by molar-refractivity contribution is -0.123. The van der Waals surface area contributed by atoms with Crippen molar-refractivity contribution in [3.8, 4) is 11.4 Å². The molecule has 13 heteroatoms. The van der Waals surface area contributed by atoms with E-state index in [1.807, 2.05) is 12.2 Å². The summed E-state index contributed by atoms with van der Waals surface area (Å²) in [4.78, 5) is 24.5. The number of nitrogens with zero attached hydrogens (tertiary/aromatic N) is 3. The monoisotopic (exact) mass is 517 g/mol. The number of alkyl halides is 4. The predicted molar refractivity (Wildman–Crippen MR) is 123 cm³/mol. The number of ether oxygens (including phenoxy) is 2. The quantitative estimate of drug-likeness (QED) is 0.260. The summed E-state index contributed by atoms with van der Waals surface area (Å²) >= 11 is 0. The Balaban J connectivity index is 2.13. The molecule has 2 aromatic rings. The first-order valence-electron chi connectivity index (χ1n) is 11.7. The van der Waals surface area contributed by atoms with Gasteiger partial charge in [0.1, 0.15) is 18.0 Å². The van der Waals surface area contributed by atoms with Crippen LogP contribution in [0.5, 0.6) is 5.75 Å². The zero-order chi connectivity index (χ0) is 26.4. The zero-order valence-corrected chi connectivity index (χ0v) is 20.1. The number of carbonyl (C=O) groups is 2. The Morgan fingerprint density at radius 1 is 1.03 bits per heavy atom. The van der Waals surface area contributed by atoms with Gasteiger partial charge in [0.15, 0.2) is 5.69 Å². The van der Waals surface area contributed by atoms with Crippen LogP contribution in [0.25, 0.3) is 5.69 Å². The molecule has 1 aromatic heterocycles. The summed E-state index contributed by atoms with van der Waals surface area (Å²) in [5.74, 6) is -1.18. The SMILES string of the molecule is CCOCCCNC(=O)c1cn(-c2ccc(C(=O)NCC(F)(F)F)cc2OCCCCCCF)nn1. The number of rotatable bonds is 16. The van der Waals surface area contributed by atoms with Gasteiger partial charge in [0.2, 0.25) is 0 Å². The van der Waals surface area contributed by atoms with E-state index in [4.69, 9.17) is 9.47 Å². The molecule has 0 saturated heterocycles. The van der Waals surface area contributed by atoms with Gasteiger partial charge in [-0.25, -0.2) is 4.68 Å². The Bertz CT molecular complexity index is 968. The van der Waals surface area contributed by atoms with Crippen LogP contribution in [0.2, 0.25) is 0 Å². The van der Waals surface area contributed by atoms with Crippen LogP contribution in [0, 0.1) is 0 Å². The fourth-order valence-electron chi connectivity index (χ4n) is 3.07. The number of nitrogens with one attached hydrogen (secondary N) is 2. The fraction of sp³-hybridized carbons (Fsp3) is 0.565. The average Bonchev–Trinajstić information content (AvgIpc) is 3.34. The highest BCUT2D eigenvalue weighted by molar-refractivity contribution is 5.95. The van der Waals surface area contributed by atoms with Crippen LogP contribution in [0.4, 0.5) is 17.6 Å². The first kappa shape index (κ1) is 29.0. The first-order chi connectivity index (χ1) is 17.2. The largest absolute Gasteiger partial charge is 0.491 e. The van der Waals surface area contributed by atoms with E-state index in [9.17, 15) is 27.2 Å². The standard InChI is InChI=1S/C23H31F4N5O4/c1-2-35-12-7-11-28-22(34)18-15-32(31-30-18)19-9-8-17(21(33)29-16-23(25,26)27)14-20(19)36-13-6-4-3-5-10-24/h8-9,14-15H,2-7,10-13,16H2,1H3,(H,28,34)(H,29,33). The van der Waals surface area contributed by atoms with Crippen LogP contribution in [0.1, 0.15) is 59.9 Å². The molecular formula is C23H31F4N5O4. The van der Waals surface area contributed by atoms with E-state index in [2.05, 4.69) is 15.6 Å². The fourth-order valence-corrected chi connectivity index (χ4v) is 3.07. The van der Waals surface area contributed by atoms with Crippen molar-refractivity contribution in [2.45, 2.75) is 45.2 Å². The number of benzene rings is 1. The maximum atomic E-state index is 12.5. The minimum absolute atomic E-state index is 0.0391. The topological polar surface area (TPSA) is 107 Å². The van der Waals surface area contributed by atoms with Crippen molar-refractivity contribution in [1.82, 2.24) is 25.6 Å². The molecule has 2 amide bonds. The molecule has 2 rings (SSSR count). The van der Waals surface area contributed by atoms with Crippen molar-refractivity contribution in [2.24, 2.45) is 0 Å². The smallest absolute Gasteiger partial charge is 0.405 e. The van der Waals surface area contributed by atoms with Gasteiger partial charge in [-0.05, 0) is 50.8 Å². The molecule has 0 spiro atoms. The van der Waals surface area contributed by atoms with Gasteiger partial charge in [-0.3, -0.25) is 14.0 Å². The number of hydrogen-bond acceptors (Lipinski definition) is 6. The van der Waals surface area contributed by atoms with Gasteiger partial charge in [0, 0.05) is 25.3 Å². The van der Waals surface area contributed by atoms with E-state index in [-0.39, 0.29) is 23.6 Å². The average molecular weight is 518 g/mol. The number of carbonyl (C=O) groups excluding carboxylic acids is 2. The molecule has 0 unspecified atom stereocenters. The summed E-state index contributed by atoms with van der Waals surface area (Å²) in [5, 5.41) is 12.3. The molecular weight excluding hydrogens is 486 g/mol. The zero-order valence-electron chi connectivity index (χ0n) is 20.1. The van der Waals surface area contributed by atoms with Crippen LogP contribution in [-0.2, 0) is 4.74 Å². The van der Waals surface area contributed by atoms with E-state index in [0.29, 0.717) is 51.1 Å². The summed E-state index contributed by atoms with van der Waals surface area (Å²) in [5.41, 5.74) is 0.354. The lowest BCUT2D eigenvalue weighted by atomic mass is 10.1. The summed E-state index contributed by atoms with van der Waals surface area (Å²) in [7, 11) is 0. The third-order valence-electron chi connectivity index (χ3n) is 4.88. The molecule has 0 aliphatic carbocycles. The second-order valence-electron chi connectivity index (χ2n) is 7.79. The Morgan fingerprint density at radius 2 is 1.81 bits per heavy atom. The van der Waals surface area contributed by atoms with Crippen molar-refractivity contribution in [3.63, 3.8) is 0 Å². The Labute approximate surface area is 206 Å². The van der Waals surface area contributed by atoms with E-state index >= 15 is 0 Å². The highest BCUT2D eigenvalue weighted by atomic mass is 19.4. The van der Waals surface area contributed by atoms with Crippen LogP contribution in [0.15, 0.2) is 24.4 Å². The Morgan fingerprint density at radius 3 is 2.53 bits per heavy atom. The van der Waals surface area contributed by atoms with Gasteiger partial charge in [-0.2, -0.15) is 13.2 Å². The molecule has 36 heavy (non-hydrogen) atoms. The molecule has 2 N–H and O–H groups in total. The molecule has 0 fully saturated rings. The maximum Gasteiger partial charge on any atom is 0.405 e. The molecule has 0 atom stereocenters. The predicted octanol–water partition coefficient (Wildman–Crippen LogP) is 3.62. The third-order valence-corrected chi connectivity index (χ3v) is 4.88. The Kier molecular flexibility index (Phi) is 12.1. The molecule has 0 radical (unpaired) electrons. The minimum atomic E-state index is -4.55. The van der Waals surface area contributed by atoms with E-state index in [1.165, 1.54) is 29.1 Å². The van der Waals surface area contributed by atoms with Crippen molar-refractivity contribution < 1.29 is 36.6 Å². The van der Waals surface area contributed by atoms with Gasteiger partial charge >= 0.3 is 6.18 Å². The molecule has 200 valence electrons. The molecule has 1 aromatic carbocycles. The molecule has 0 saturated carbocycles. The van der Waals surface area contributed by atoms with E-state index < -0.39 is 31.2 Å². The second-order valence-corrected chi connectivity index (χ2v) is 7.79. The van der Waals surface area contributed by atoms with Crippen LogP contribution in [0.3, 0.4) is 0 Å². The Hall–Kier alpha value is -3.22. The van der Waals surface area contributed by atoms with Crippen LogP contribution >= 0.6 is 0 Å². The first-order valence-corrected chi connectivity index (χ1v) is 11.7. The van der Waals surface area contributed by atoms with Gasteiger partial charge < -0.3 is 20.1 Å². The van der Waals surface area contributed by atoms with Crippen molar-refractivity contribution in [2.75, 3.05) is 39.6 Å².